The molecule has 0 fully saturated rings. The van der Waals surface area contributed by atoms with Gasteiger partial charge in [0.05, 0.1) is 7.11 Å². The molecule has 11 heteroatoms. The van der Waals surface area contributed by atoms with Gasteiger partial charge in [-0.15, -0.1) is 0 Å². The van der Waals surface area contributed by atoms with Crippen LogP contribution in [0.3, 0.4) is 0 Å². The Labute approximate surface area is 167 Å². The van der Waals surface area contributed by atoms with Gasteiger partial charge in [0.1, 0.15) is 6.04 Å². The van der Waals surface area contributed by atoms with Gasteiger partial charge in [-0.1, -0.05) is 30.3 Å². The highest BCUT2D eigenvalue weighted by Crippen LogP contribution is 2.16. The standard InChI is InChI=1S/C18H21N3O7S/c1-27-18(24)14-7-8-16(28-14)29(25,26)21-13(11-12-5-3-2-4-6-12)17(23)20-10-9-15(19)22/h2-8,13,21H,9-11H2,1H3,(H2,19,22)(H,20,23)/t13-/m1/s1. The molecular formula is C18H21N3O7S. The van der Waals surface area contributed by atoms with Gasteiger partial charge < -0.3 is 20.2 Å². The van der Waals surface area contributed by atoms with E-state index in [0.29, 0.717) is 5.56 Å². The number of methoxy groups -OCH3 is 1. The van der Waals surface area contributed by atoms with E-state index in [-0.39, 0.29) is 25.1 Å². The molecule has 1 heterocycles. The van der Waals surface area contributed by atoms with Gasteiger partial charge in [0.25, 0.3) is 10.0 Å². The molecule has 2 rings (SSSR count). The van der Waals surface area contributed by atoms with E-state index < -0.39 is 38.9 Å². The maximum absolute atomic E-state index is 12.6. The number of hydrogen-bond acceptors (Lipinski definition) is 7. The van der Waals surface area contributed by atoms with Crippen LogP contribution in [0.4, 0.5) is 0 Å². The average molecular weight is 423 g/mol. The number of carbonyl (C=O) groups excluding carboxylic acids is 3. The summed E-state index contributed by atoms with van der Waals surface area (Å²) in [7, 11) is -3.14. The van der Waals surface area contributed by atoms with Crippen molar-refractivity contribution in [2.24, 2.45) is 5.73 Å². The monoisotopic (exact) mass is 423 g/mol. The van der Waals surface area contributed by atoms with Crippen molar-refractivity contribution in [1.82, 2.24) is 10.0 Å². The summed E-state index contributed by atoms with van der Waals surface area (Å²) in [5, 5.41) is 1.93. The first-order valence-corrected chi connectivity index (χ1v) is 10.0. The Morgan fingerprint density at radius 1 is 1.14 bits per heavy atom. The lowest BCUT2D eigenvalue weighted by Gasteiger charge is -2.18. The van der Waals surface area contributed by atoms with Crippen LogP contribution in [0, 0.1) is 0 Å². The third-order valence-corrected chi connectivity index (χ3v) is 5.14. The molecule has 156 valence electrons. The number of primary amides is 1. The molecule has 1 aromatic carbocycles. The summed E-state index contributed by atoms with van der Waals surface area (Å²) < 4.78 is 37.0. The Morgan fingerprint density at radius 2 is 1.83 bits per heavy atom. The third-order valence-electron chi connectivity index (χ3n) is 3.80. The van der Waals surface area contributed by atoms with Crippen molar-refractivity contribution in [1.29, 1.82) is 0 Å². The number of sulfonamides is 1. The van der Waals surface area contributed by atoms with Crippen molar-refractivity contribution < 1.29 is 32.0 Å². The number of ether oxygens (including phenoxy) is 1. The lowest BCUT2D eigenvalue weighted by Crippen LogP contribution is -2.48. The van der Waals surface area contributed by atoms with E-state index in [4.69, 9.17) is 10.2 Å². The average Bonchev–Trinajstić information content (AvgIpc) is 3.18. The van der Waals surface area contributed by atoms with Gasteiger partial charge in [-0.05, 0) is 24.1 Å². The molecule has 2 amide bonds. The molecule has 0 unspecified atom stereocenters. The molecule has 0 aliphatic carbocycles. The summed E-state index contributed by atoms with van der Waals surface area (Å²) in [5.41, 5.74) is 5.75. The van der Waals surface area contributed by atoms with Crippen molar-refractivity contribution in [3.63, 3.8) is 0 Å². The van der Waals surface area contributed by atoms with Crippen LogP contribution in [0.2, 0.25) is 0 Å². The number of benzene rings is 1. The second-order valence-corrected chi connectivity index (χ2v) is 7.63. The quantitative estimate of drug-likeness (QED) is 0.452. The second kappa shape index (κ2) is 9.85. The predicted octanol–water partition coefficient (Wildman–Crippen LogP) is -0.0526. The fourth-order valence-electron chi connectivity index (χ4n) is 2.39. The van der Waals surface area contributed by atoms with E-state index in [0.717, 1.165) is 19.2 Å². The van der Waals surface area contributed by atoms with Gasteiger partial charge in [0.2, 0.25) is 22.7 Å². The van der Waals surface area contributed by atoms with Crippen LogP contribution in [-0.2, 0) is 30.8 Å². The van der Waals surface area contributed by atoms with E-state index in [2.05, 4.69) is 14.8 Å². The zero-order valence-electron chi connectivity index (χ0n) is 15.6. The first-order chi connectivity index (χ1) is 13.7. The van der Waals surface area contributed by atoms with Crippen molar-refractivity contribution in [3.8, 4) is 0 Å². The molecule has 1 atom stereocenters. The smallest absolute Gasteiger partial charge is 0.374 e. The Kier molecular flexibility index (Phi) is 7.51. The molecule has 0 aliphatic heterocycles. The molecular weight excluding hydrogens is 402 g/mol. The lowest BCUT2D eigenvalue weighted by molar-refractivity contribution is -0.123. The molecule has 29 heavy (non-hydrogen) atoms. The number of amides is 2. The number of rotatable bonds is 10. The zero-order valence-corrected chi connectivity index (χ0v) is 16.4. The number of hydrogen-bond donors (Lipinski definition) is 3. The minimum Gasteiger partial charge on any atom is -0.463 e. The van der Waals surface area contributed by atoms with Crippen LogP contribution < -0.4 is 15.8 Å². The van der Waals surface area contributed by atoms with E-state index in [1.54, 1.807) is 30.3 Å². The van der Waals surface area contributed by atoms with E-state index in [9.17, 15) is 22.8 Å². The van der Waals surface area contributed by atoms with Crippen LogP contribution >= 0.6 is 0 Å². The van der Waals surface area contributed by atoms with E-state index in [1.807, 2.05) is 0 Å². The molecule has 0 bridgehead atoms. The number of esters is 1. The molecule has 0 spiro atoms. The van der Waals surface area contributed by atoms with Crippen molar-refractivity contribution in [2.75, 3.05) is 13.7 Å². The fourth-order valence-corrected chi connectivity index (χ4v) is 3.52. The summed E-state index contributed by atoms with van der Waals surface area (Å²) in [6.07, 6.45) is -0.0374. The first-order valence-electron chi connectivity index (χ1n) is 8.53. The molecule has 10 nitrogen and oxygen atoms in total. The van der Waals surface area contributed by atoms with Gasteiger partial charge in [0.15, 0.2) is 0 Å². The van der Waals surface area contributed by atoms with Gasteiger partial charge >= 0.3 is 5.97 Å². The SMILES string of the molecule is COC(=O)c1ccc(S(=O)(=O)N[C@H](Cc2ccccc2)C(=O)NCCC(N)=O)o1. The van der Waals surface area contributed by atoms with Crippen molar-refractivity contribution in [3.05, 3.63) is 53.8 Å². The van der Waals surface area contributed by atoms with Gasteiger partial charge in [0, 0.05) is 13.0 Å². The van der Waals surface area contributed by atoms with E-state index >= 15 is 0 Å². The minimum atomic E-state index is -4.26. The largest absolute Gasteiger partial charge is 0.463 e. The summed E-state index contributed by atoms with van der Waals surface area (Å²) in [4.78, 5) is 34.8. The normalized spacial score (nSPS) is 12.2. The van der Waals surface area contributed by atoms with Crippen molar-refractivity contribution >= 4 is 27.8 Å². The number of nitrogens with one attached hydrogen (secondary N) is 2. The van der Waals surface area contributed by atoms with Crippen LogP contribution in [-0.4, -0.2) is 45.9 Å². The summed E-state index contributed by atoms with van der Waals surface area (Å²) in [5.74, 6) is -2.37. The molecule has 0 radical (unpaired) electrons. The van der Waals surface area contributed by atoms with Crippen LogP contribution in [0.15, 0.2) is 52.0 Å². The van der Waals surface area contributed by atoms with Crippen LogP contribution in [0.5, 0.6) is 0 Å². The summed E-state index contributed by atoms with van der Waals surface area (Å²) in [6, 6.07) is 9.80. The molecule has 0 saturated carbocycles. The van der Waals surface area contributed by atoms with E-state index in [1.165, 1.54) is 0 Å². The highest BCUT2D eigenvalue weighted by Gasteiger charge is 2.29. The molecule has 0 saturated heterocycles. The Balaban J connectivity index is 2.20. The van der Waals surface area contributed by atoms with Crippen molar-refractivity contribution in [2.45, 2.75) is 24.0 Å². The highest BCUT2D eigenvalue weighted by molar-refractivity contribution is 7.89. The molecule has 1 aromatic heterocycles. The van der Waals surface area contributed by atoms with Gasteiger partial charge in [-0.2, -0.15) is 4.72 Å². The number of furan rings is 1. The summed E-state index contributed by atoms with van der Waals surface area (Å²) in [6.45, 7) is -0.0333. The zero-order chi connectivity index (χ0) is 21.4. The second-order valence-electron chi connectivity index (χ2n) is 5.98. The number of carbonyl (C=O) groups is 3. The fraction of sp³-hybridized carbons (Fsp3) is 0.278. The first kappa shape index (κ1) is 22.1. The maximum Gasteiger partial charge on any atom is 0.374 e. The van der Waals surface area contributed by atoms with Gasteiger partial charge in [-0.25, -0.2) is 13.2 Å². The Bertz CT molecular complexity index is 970. The molecule has 4 N–H and O–H groups in total. The molecule has 2 aromatic rings. The molecule has 0 aliphatic rings. The topological polar surface area (TPSA) is 158 Å². The Morgan fingerprint density at radius 3 is 2.45 bits per heavy atom. The summed E-state index contributed by atoms with van der Waals surface area (Å²) >= 11 is 0. The number of nitrogens with two attached hydrogens (primary N) is 1. The third kappa shape index (κ3) is 6.43. The van der Waals surface area contributed by atoms with Gasteiger partial charge in [-0.3, -0.25) is 9.59 Å². The Hall–Kier alpha value is -3.18. The maximum atomic E-state index is 12.6. The van der Waals surface area contributed by atoms with Crippen LogP contribution in [0.25, 0.3) is 0 Å². The predicted molar refractivity (Wildman–Crippen MR) is 101 cm³/mol. The minimum absolute atomic E-state index is 0.0333. The van der Waals surface area contributed by atoms with Crippen LogP contribution in [0.1, 0.15) is 22.5 Å². The lowest BCUT2D eigenvalue weighted by atomic mass is 10.1. The highest BCUT2D eigenvalue weighted by atomic mass is 32.2.